The molecule has 1 N–H and O–H groups in total. The Morgan fingerprint density at radius 1 is 1.20 bits per heavy atom. The van der Waals surface area contributed by atoms with Gasteiger partial charge in [0.05, 0.1) is 22.9 Å². The van der Waals surface area contributed by atoms with Crippen LogP contribution >= 0.6 is 23.5 Å². The fourth-order valence-electron chi connectivity index (χ4n) is 2.94. The highest BCUT2D eigenvalue weighted by Crippen LogP contribution is 2.30. The number of nitrogens with zero attached hydrogens (tertiary/aromatic N) is 3. The molecule has 1 aromatic heterocycles. The zero-order valence-electron chi connectivity index (χ0n) is 15.8. The number of anilines is 2. The Labute approximate surface area is 183 Å². The van der Waals surface area contributed by atoms with Crippen molar-refractivity contribution < 1.29 is 9.53 Å². The monoisotopic (exact) mass is 436 g/mol. The second-order valence-electron chi connectivity index (χ2n) is 6.49. The third-order valence-corrected chi connectivity index (χ3v) is 5.80. The Morgan fingerprint density at radius 2 is 2.03 bits per heavy atom. The van der Waals surface area contributed by atoms with Crippen LogP contribution in [0.15, 0.2) is 60.8 Å². The first-order chi connectivity index (χ1) is 14.6. The van der Waals surface area contributed by atoms with Crippen LogP contribution in [-0.2, 0) is 4.74 Å². The number of benzene rings is 2. The van der Waals surface area contributed by atoms with Crippen LogP contribution in [0.25, 0.3) is 11.3 Å². The molecule has 8 heteroatoms. The number of nitrogens with one attached hydrogen (secondary N) is 1. The van der Waals surface area contributed by atoms with Gasteiger partial charge in [-0.25, -0.2) is 0 Å². The molecule has 0 spiro atoms. The first-order valence-corrected chi connectivity index (χ1v) is 10.5. The summed E-state index contributed by atoms with van der Waals surface area (Å²) in [5.41, 5.74) is 3.93. The van der Waals surface area contributed by atoms with E-state index in [1.54, 1.807) is 54.4 Å². The second-order valence-corrected chi connectivity index (χ2v) is 8.00. The quantitative estimate of drug-likeness (QED) is 0.582. The maximum atomic E-state index is 12.7. The lowest BCUT2D eigenvalue weighted by Gasteiger charge is -2.27. The molecule has 150 valence electrons. The molecule has 1 amide bonds. The lowest BCUT2D eigenvalue weighted by molar-refractivity contribution is 0.102. The molecule has 0 aliphatic carbocycles. The zero-order valence-corrected chi connectivity index (χ0v) is 17.4. The normalized spacial score (nSPS) is 13.5. The molecule has 1 aliphatic rings. The smallest absolute Gasteiger partial charge is 0.255 e. The highest BCUT2D eigenvalue weighted by molar-refractivity contribution is 8.00. The maximum Gasteiger partial charge on any atom is 0.255 e. The van der Waals surface area contributed by atoms with Gasteiger partial charge in [-0.2, -0.15) is 5.26 Å². The summed E-state index contributed by atoms with van der Waals surface area (Å²) in [7, 11) is 0. The predicted molar refractivity (Wildman–Crippen MR) is 120 cm³/mol. The highest BCUT2D eigenvalue weighted by Gasteiger charge is 2.14. The molecule has 0 radical (unpaired) electrons. The van der Waals surface area contributed by atoms with Crippen molar-refractivity contribution in [3.8, 4) is 17.3 Å². The van der Waals surface area contributed by atoms with Gasteiger partial charge in [-0.3, -0.25) is 14.1 Å². The molecule has 30 heavy (non-hydrogen) atoms. The number of aromatic nitrogens is 1. The Hall–Kier alpha value is -3.05. The van der Waals surface area contributed by atoms with Crippen molar-refractivity contribution >= 4 is 40.8 Å². The van der Waals surface area contributed by atoms with E-state index in [-0.39, 0.29) is 5.91 Å². The topological polar surface area (TPSA) is 78.2 Å². The summed E-state index contributed by atoms with van der Waals surface area (Å²) < 4.78 is 7.51. The number of ether oxygens (including phenoxy) is 1. The Balaban J connectivity index is 1.49. The van der Waals surface area contributed by atoms with E-state index in [2.05, 4.69) is 14.6 Å². The van der Waals surface area contributed by atoms with Crippen LogP contribution in [-0.4, -0.2) is 30.0 Å². The molecule has 3 aromatic rings. The van der Waals surface area contributed by atoms with Crippen molar-refractivity contribution in [2.75, 3.05) is 28.7 Å². The number of carbonyl (C=O) groups is 1. The van der Waals surface area contributed by atoms with Gasteiger partial charge in [0.2, 0.25) is 0 Å². The average molecular weight is 437 g/mol. The minimum Gasteiger partial charge on any atom is -0.359 e. The minimum atomic E-state index is -0.217. The molecule has 1 saturated heterocycles. The molecule has 1 aliphatic heterocycles. The van der Waals surface area contributed by atoms with Gasteiger partial charge in [0.15, 0.2) is 0 Å². The van der Waals surface area contributed by atoms with E-state index in [9.17, 15) is 4.79 Å². The molecule has 2 heterocycles. The fraction of sp³-hybridized carbons (Fsp3) is 0.136. The summed E-state index contributed by atoms with van der Waals surface area (Å²) in [5.74, 6) is 0.694. The van der Waals surface area contributed by atoms with Gasteiger partial charge in [0, 0.05) is 34.5 Å². The molecule has 6 nitrogen and oxygen atoms in total. The van der Waals surface area contributed by atoms with Crippen LogP contribution in [0.3, 0.4) is 0 Å². The summed E-state index contributed by atoms with van der Waals surface area (Å²) in [6.45, 7) is 1.29. The summed E-state index contributed by atoms with van der Waals surface area (Å²) in [5, 5.41) is 12.3. The van der Waals surface area contributed by atoms with Gasteiger partial charge in [-0.15, -0.1) is 0 Å². The minimum absolute atomic E-state index is 0.217. The number of hydrogen-bond acceptors (Lipinski definition) is 6. The van der Waals surface area contributed by atoms with Crippen LogP contribution in [0.2, 0.25) is 5.02 Å². The van der Waals surface area contributed by atoms with Crippen molar-refractivity contribution in [2.45, 2.75) is 0 Å². The van der Waals surface area contributed by atoms with Crippen LogP contribution in [0.1, 0.15) is 15.9 Å². The van der Waals surface area contributed by atoms with E-state index in [0.29, 0.717) is 39.8 Å². The van der Waals surface area contributed by atoms with Crippen LogP contribution in [0, 0.1) is 11.3 Å². The van der Waals surface area contributed by atoms with Crippen molar-refractivity contribution in [2.24, 2.45) is 0 Å². The Morgan fingerprint density at radius 3 is 2.70 bits per heavy atom. The fourth-order valence-corrected chi connectivity index (χ4v) is 3.99. The average Bonchev–Trinajstić information content (AvgIpc) is 2.81. The summed E-state index contributed by atoms with van der Waals surface area (Å²) >= 11 is 8.02. The van der Waals surface area contributed by atoms with Crippen molar-refractivity contribution in [1.29, 1.82) is 5.26 Å². The van der Waals surface area contributed by atoms with Crippen LogP contribution in [0.5, 0.6) is 0 Å². The van der Waals surface area contributed by atoms with E-state index in [1.165, 1.54) is 6.20 Å². The van der Waals surface area contributed by atoms with E-state index in [1.807, 2.05) is 18.2 Å². The second kappa shape index (κ2) is 9.18. The lowest BCUT2D eigenvalue weighted by atomic mass is 10.1. The van der Waals surface area contributed by atoms with Crippen LogP contribution in [0.4, 0.5) is 11.4 Å². The third kappa shape index (κ3) is 4.57. The number of pyridine rings is 1. The first-order valence-electron chi connectivity index (χ1n) is 9.20. The number of hydrogen-bond donors (Lipinski definition) is 1. The zero-order chi connectivity index (χ0) is 20.9. The largest absolute Gasteiger partial charge is 0.359 e. The van der Waals surface area contributed by atoms with Gasteiger partial charge in [0.1, 0.15) is 12.8 Å². The molecule has 2 aromatic carbocycles. The van der Waals surface area contributed by atoms with Crippen molar-refractivity contribution in [3.05, 3.63) is 76.9 Å². The lowest BCUT2D eigenvalue weighted by Crippen LogP contribution is -2.25. The molecule has 0 bridgehead atoms. The predicted octanol–water partition coefficient (Wildman–Crippen LogP) is 4.97. The molecule has 0 saturated carbocycles. The number of rotatable bonds is 4. The number of amides is 1. The van der Waals surface area contributed by atoms with Crippen molar-refractivity contribution in [1.82, 2.24) is 4.98 Å². The van der Waals surface area contributed by atoms with Crippen LogP contribution < -0.4 is 9.62 Å². The van der Waals surface area contributed by atoms with Gasteiger partial charge >= 0.3 is 0 Å². The number of nitriles is 1. The first kappa shape index (κ1) is 20.2. The Bertz CT molecular complexity index is 1090. The number of halogens is 1. The van der Waals surface area contributed by atoms with E-state index in [0.717, 1.165) is 18.0 Å². The summed E-state index contributed by atoms with van der Waals surface area (Å²) in [6.07, 6.45) is 1.49. The van der Waals surface area contributed by atoms with Gasteiger partial charge in [-0.05, 0) is 66.5 Å². The van der Waals surface area contributed by atoms with Gasteiger partial charge in [0.25, 0.3) is 5.91 Å². The molecule has 0 atom stereocenters. The molecule has 0 unspecified atom stereocenters. The number of carbonyl (C=O) groups excluding carboxylic acids is 1. The SMILES string of the molecule is N#Cc1ccc(-c2cc(NC(=O)c3ccc(N4COCCS4)cc3)ccc2Cl)nc1. The summed E-state index contributed by atoms with van der Waals surface area (Å²) in [6, 6.07) is 18.1. The van der Waals surface area contributed by atoms with E-state index >= 15 is 0 Å². The third-order valence-electron chi connectivity index (χ3n) is 4.49. The van der Waals surface area contributed by atoms with Gasteiger partial charge in [-0.1, -0.05) is 11.6 Å². The summed E-state index contributed by atoms with van der Waals surface area (Å²) in [4.78, 5) is 17.0. The molecule has 1 fully saturated rings. The standard InChI is InChI=1S/C22H17ClN4O2S/c23-20-7-4-17(11-19(20)21-8-1-15(12-24)13-25-21)26-22(28)16-2-5-18(6-3-16)27-14-29-9-10-30-27/h1-8,11,13H,9-10,14H2,(H,26,28). The van der Waals surface area contributed by atoms with Crippen molar-refractivity contribution in [3.63, 3.8) is 0 Å². The van der Waals surface area contributed by atoms with E-state index in [4.69, 9.17) is 21.6 Å². The van der Waals surface area contributed by atoms with E-state index < -0.39 is 0 Å². The van der Waals surface area contributed by atoms with Gasteiger partial charge < -0.3 is 10.1 Å². The molecule has 4 rings (SSSR count). The Kier molecular flexibility index (Phi) is 6.19. The highest BCUT2D eigenvalue weighted by atomic mass is 35.5. The maximum absolute atomic E-state index is 12.7. The molecular formula is C22H17ClN4O2S. The molecular weight excluding hydrogens is 420 g/mol.